The number of nitrogens with zero attached hydrogens (tertiary/aromatic N) is 1. The molecular formula is C16H26N2O2S. The zero-order chi connectivity index (χ0) is 15.1. The van der Waals surface area contributed by atoms with Crippen molar-refractivity contribution in [2.24, 2.45) is 5.92 Å². The van der Waals surface area contributed by atoms with Gasteiger partial charge in [0.15, 0.2) is 5.13 Å². The SMILES string of the molecule is CCOC(=O)CCc1csc(NC(C)C2CCCCC2)n1. The molecule has 2 rings (SSSR count). The molecule has 1 aromatic heterocycles. The predicted octanol–water partition coefficient (Wildman–Crippen LogP) is 4.02. The number of aromatic nitrogens is 1. The lowest BCUT2D eigenvalue weighted by molar-refractivity contribution is -0.143. The molecular weight excluding hydrogens is 284 g/mol. The standard InChI is InChI=1S/C16H26N2O2S/c1-3-20-15(19)10-9-14-11-21-16(18-14)17-12(2)13-7-5-4-6-8-13/h11-13H,3-10H2,1-2H3,(H,17,18). The van der Waals surface area contributed by atoms with Crippen molar-refractivity contribution in [3.8, 4) is 0 Å². The molecule has 0 bridgehead atoms. The second-order valence-corrected chi connectivity index (χ2v) is 6.64. The maximum atomic E-state index is 11.3. The van der Waals surface area contributed by atoms with Gasteiger partial charge in [0.05, 0.1) is 18.7 Å². The van der Waals surface area contributed by atoms with Gasteiger partial charge in [-0.25, -0.2) is 4.98 Å². The molecule has 1 saturated carbocycles. The van der Waals surface area contributed by atoms with Crippen LogP contribution in [-0.4, -0.2) is 23.6 Å². The van der Waals surface area contributed by atoms with Crippen molar-refractivity contribution in [3.63, 3.8) is 0 Å². The molecule has 1 aliphatic carbocycles. The molecule has 0 saturated heterocycles. The average molecular weight is 310 g/mol. The molecule has 21 heavy (non-hydrogen) atoms. The highest BCUT2D eigenvalue weighted by molar-refractivity contribution is 7.13. The summed E-state index contributed by atoms with van der Waals surface area (Å²) in [5, 5.41) is 6.55. The van der Waals surface area contributed by atoms with Crippen LogP contribution in [0.15, 0.2) is 5.38 Å². The van der Waals surface area contributed by atoms with Crippen LogP contribution in [0.2, 0.25) is 0 Å². The number of rotatable bonds is 7. The highest BCUT2D eigenvalue weighted by Crippen LogP contribution is 2.28. The van der Waals surface area contributed by atoms with Crippen molar-refractivity contribution < 1.29 is 9.53 Å². The van der Waals surface area contributed by atoms with Crippen LogP contribution >= 0.6 is 11.3 Å². The molecule has 1 aliphatic rings. The lowest BCUT2D eigenvalue weighted by Crippen LogP contribution is -2.27. The van der Waals surface area contributed by atoms with E-state index >= 15 is 0 Å². The van der Waals surface area contributed by atoms with Crippen molar-refractivity contribution in [2.45, 2.75) is 64.8 Å². The Hall–Kier alpha value is -1.10. The summed E-state index contributed by atoms with van der Waals surface area (Å²) < 4.78 is 4.94. The van der Waals surface area contributed by atoms with E-state index in [2.05, 4.69) is 17.2 Å². The minimum atomic E-state index is -0.143. The fourth-order valence-electron chi connectivity index (χ4n) is 2.90. The zero-order valence-electron chi connectivity index (χ0n) is 13.1. The van der Waals surface area contributed by atoms with Crippen molar-refractivity contribution in [3.05, 3.63) is 11.1 Å². The first-order valence-corrected chi connectivity index (χ1v) is 8.93. The first-order valence-electron chi connectivity index (χ1n) is 8.05. The molecule has 0 aliphatic heterocycles. The largest absolute Gasteiger partial charge is 0.466 e. The van der Waals surface area contributed by atoms with Gasteiger partial charge in [-0.3, -0.25) is 4.79 Å². The molecule has 1 N–H and O–H groups in total. The Labute approximate surface area is 131 Å². The normalized spacial score (nSPS) is 17.4. The van der Waals surface area contributed by atoms with Gasteiger partial charge in [0, 0.05) is 17.8 Å². The summed E-state index contributed by atoms with van der Waals surface area (Å²) in [4.78, 5) is 15.9. The van der Waals surface area contributed by atoms with Gasteiger partial charge in [0.2, 0.25) is 0 Å². The summed E-state index contributed by atoms with van der Waals surface area (Å²) in [5.41, 5.74) is 0.978. The number of hydrogen-bond donors (Lipinski definition) is 1. The summed E-state index contributed by atoms with van der Waals surface area (Å²) in [6.07, 6.45) is 7.84. The number of aryl methyl sites for hydroxylation is 1. The van der Waals surface area contributed by atoms with Gasteiger partial charge in [-0.15, -0.1) is 11.3 Å². The maximum absolute atomic E-state index is 11.3. The minimum Gasteiger partial charge on any atom is -0.466 e. The fourth-order valence-corrected chi connectivity index (χ4v) is 3.74. The molecule has 0 spiro atoms. The van der Waals surface area contributed by atoms with Crippen LogP contribution in [0.4, 0.5) is 5.13 Å². The lowest BCUT2D eigenvalue weighted by Gasteiger charge is -2.28. The van der Waals surface area contributed by atoms with E-state index in [1.807, 2.05) is 12.3 Å². The summed E-state index contributed by atoms with van der Waals surface area (Å²) in [7, 11) is 0. The first kappa shape index (κ1) is 16.3. The molecule has 118 valence electrons. The number of carbonyl (C=O) groups is 1. The van der Waals surface area contributed by atoms with Crippen LogP contribution in [0.3, 0.4) is 0 Å². The van der Waals surface area contributed by atoms with Crippen molar-refractivity contribution in [1.82, 2.24) is 4.98 Å². The zero-order valence-corrected chi connectivity index (χ0v) is 13.9. The molecule has 0 aromatic carbocycles. The number of esters is 1. The first-order chi connectivity index (χ1) is 10.2. The average Bonchev–Trinajstić information content (AvgIpc) is 2.94. The van der Waals surface area contributed by atoms with E-state index in [0.29, 0.717) is 25.5 Å². The Bertz CT molecular complexity index is 441. The van der Waals surface area contributed by atoms with Crippen LogP contribution in [-0.2, 0) is 16.0 Å². The minimum absolute atomic E-state index is 0.143. The second kappa shape index (κ2) is 8.37. The van der Waals surface area contributed by atoms with E-state index in [0.717, 1.165) is 16.7 Å². The van der Waals surface area contributed by atoms with Crippen molar-refractivity contribution >= 4 is 22.4 Å². The van der Waals surface area contributed by atoms with Gasteiger partial charge >= 0.3 is 5.97 Å². The van der Waals surface area contributed by atoms with Crippen LogP contribution in [0.25, 0.3) is 0 Å². The van der Waals surface area contributed by atoms with Gasteiger partial charge in [-0.05, 0) is 32.6 Å². The van der Waals surface area contributed by atoms with E-state index in [4.69, 9.17) is 4.74 Å². The number of carbonyl (C=O) groups excluding carboxylic acids is 1. The summed E-state index contributed by atoms with van der Waals surface area (Å²) in [5.74, 6) is 0.626. The number of hydrogen-bond acceptors (Lipinski definition) is 5. The smallest absolute Gasteiger partial charge is 0.306 e. The summed E-state index contributed by atoms with van der Waals surface area (Å²) in [6.45, 7) is 4.53. The van der Waals surface area contributed by atoms with E-state index in [-0.39, 0.29) is 5.97 Å². The van der Waals surface area contributed by atoms with E-state index in [9.17, 15) is 4.79 Å². The van der Waals surface area contributed by atoms with E-state index < -0.39 is 0 Å². The van der Waals surface area contributed by atoms with Crippen LogP contribution < -0.4 is 5.32 Å². The molecule has 1 atom stereocenters. The lowest BCUT2D eigenvalue weighted by atomic mass is 9.85. The monoisotopic (exact) mass is 310 g/mol. The third-order valence-corrected chi connectivity index (χ3v) is 4.97. The van der Waals surface area contributed by atoms with Gasteiger partial charge < -0.3 is 10.1 Å². The number of ether oxygens (including phenoxy) is 1. The molecule has 1 unspecified atom stereocenters. The third-order valence-electron chi connectivity index (χ3n) is 4.15. The highest BCUT2D eigenvalue weighted by Gasteiger charge is 2.20. The van der Waals surface area contributed by atoms with Crippen LogP contribution in [0, 0.1) is 5.92 Å². The maximum Gasteiger partial charge on any atom is 0.306 e. The summed E-state index contributed by atoms with van der Waals surface area (Å²) in [6, 6.07) is 0.481. The molecule has 1 aromatic rings. The third kappa shape index (κ3) is 5.30. The Morgan fingerprint density at radius 3 is 2.95 bits per heavy atom. The van der Waals surface area contributed by atoms with Crippen molar-refractivity contribution in [2.75, 3.05) is 11.9 Å². The van der Waals surface area contributed by atoms with E-state index in [1.165, 1.54) is 32.1 Å². The fraction of sp³-hybridized carbons (Fsp3) is 0.750. The Kier molecular flexibility index (Phi) is 6.49. The van der Waals surface area contributed by atoms with E-state index in [1.54, 1.807) is 11.3 Å². The van der Waals surface area contributed by atoms with Crippen LogP contribution in [0.1, 0.15) is 58.1 Å². The molecule has 1 fully saturated rings. The Balaban J connectivity index is 1.78. The molecule has 4 nitrogen and oxygen atoms in total. The van der Waals surface area contributed by atoms with Gasteiger partial charge in [0.25, 0.3) is 0 Å². The van der Waals surface area contributed by atoms with Gasteiger partial charge in [0.1, 0.15) is 0 Å². The van der Waals surface area contributed by atoms with Crippen LogP contribution in [0.5, 0.6) is 0 Å². The molecule has 5 heteroatoms. The molecule has 0 amide bonds. The molecule has 1 heterocycles. The summed E-state index contributed by atoms with van der Waals surface area (Å²) >= 11 is 1.63. The highest BCUT2D eigenvalue weighted by atomic mass is 32.1. The Morgan fingerprint density at radius 2 is 2.24 bits per heavy atom. The Morgan fingerprint density at radius 1 is 1.48 bits per heavy atom. The van der Waals surface area contributed by atoms with Gasteiger partial charge in [-0.2, -0.15) is 0 Å². The quantitative estimate of drug-likeness (QED) is 0.773. The number of anilines is 1. The van der Waals surface area contributed by atoms with Crippen molar-refractivity contribution in [1.29, 1.82) is 0 Å². The predicted molar refractivity (Wildman–Crippen MR) is 86.7 cm³/mol. The molecule has 0 radical (unpaired) electrons. The second-order valence-electron chi connectivity index (χ2n) is 5.78. The number of thiazole rings is 1. The number of nitrogens with one attached hydrogen (secondary N) is 1. The topological polar surface area (TPSA) is 51.2 Å². The van der Waals surface area contributed by atoms with Gasteiger partial charge in [-0.1, -0.05) is 19.3 Å².